The molecule has 4 fully saturated rings. The number of oxime groups is 1. The topological polar surface area (TPSA) is 79.1 Å². The number of carbonyl (C=O) groups is 1. The van der Waals surface area contributed by atoms with Crippen LogP contribution >= 0.6 is 0 Å². The highest BCUT2D eigenvalue weighted by atomic mass is 16.5. The van der Waals surface area contributed by atoms with Gasteiger partial charge in [-0.25, -0.2) is 0 Å². The molecule has 2 N–H and O–H groups in total. The molecule has 4 rings (SSSR count). The van der Waals surface area contributed by atoms with Crippen molar-refractivity contribution in [2.45, 2.75) is 124 Å². The van der Waals surface area contributed by atoms with Crippen molar-refractivity contribution in [1.29, 1.82) is 0 Å². The van der Waals surface area contributed by atoms with E-state index >= 15 is 0 Å². The SMILES string of the molecule is CC(=O)O[C@H]1CC[C@]2(C)[C@@H]3CC[C@]4(C)[C@@H]([C@H](C)CCCC(C)C)CC[C@H]4[C@H]3C/C(=N/O)[C@]2(O)C1. The number of ether oxygens (including phenoxy) is 1. The summed E-state index contributed by atoms with van der Waals surface area (Å²) in [7, 11) is 0. The Morgan fingerprint density at radius 3 is 2.47 bits per heavy atom. The third-order valence-electron chi connectivity index (χ3n) is 11.3. The first-order chi connectivity index (χ1) is 16.0. The molecule has 4 saturated carbocycles. The quantitative estimate of drug-likeness (QED) is 0.258. The Bertz CT molecular complexity index is 795. The van der Waals surface area contributed by atoms with Gasteiger partial charge in [-0.2, -0.15) is 0 Å². The molecule has 0 unspecified atom stereocenters. The lowest BCUT2D eigenvalue weighted by molar-refractivity contribution is -0.183. The van der Waals surface area contributed by atoms with Gasteiger partial charge in [0.05, 0.1) is 5.71 Å². The number of nitrogens with zero attached hydrogens (tertiary/aromatic N) is 1. The lowest BCUT2D eigenvalue weighted by atomic mass is 9.42. The van der Waals surface area contributed by atoms with E-state index in [1.54, 1.807) is 0 Å². The van der Waals surface area contributed by atoms with Gasteiger partial charge in [0.2, 0.25) is 0 Å². The van der Waals surface area contributed by atoms with E-state index in [0.717, 1.165) is 37.0 Å². The minimum absolute atomic E-state index is 0.304. The predicted octanol–water partition coefficient (Wildman–Crippen LogP) is 6.59. The molecule has 5 nitrogen and oxygen atoms in total. The molecule has 194 valence electrons. The third-order valence-corrected chi connectivity index (χ3v) is 11.3. The first-order valence-corrected chi connectivity index (χ1v) is 14.1. The van der Waals surface area contributed by atoms with Crippen molar-refractivity contribution in [2.75, 3.05) is 0 Å². The van der Waals surface area contributed by atoms with Crippen molar-refractivity contribution in [3.05, 3.63) is 0 Å². The molecule has 0 aromatic heterocycles. The molecule has 0 spiro atoms. The number of hydrogen-bond donors (Lipinski definition) is 2. The fraction of sp³-hybridized carbons (Fsp3) is 0.931. The highest BCUT2D eigenvalue weighted by molar-refractivity contribution is 5.94. The number of aliphatic hydroxyl groups is 1. The number of fused-ring (bicyclic) bond motifs is 5. The van der Waals surface area contributed by atoms with Crippen molar-refractivity contribution in [2.24, 2.45) is 51.5 Å². The van der Waals surface area contributed by atoms with Crippen LogP contribution in [0.5, 0.6) is 0 Å². The highest BCUT2D eigenvalue weighted by Crippen LogP contribution is 2.68. The summed E-state index contributed by atoms with van der Waals surface area (Å²) in [5, 5.41) is 25.8. The van der Waals surface area contributed by atoms with Gasteiger partial charge in [0.1, 0.15) is 11.7 Å². The monoisotopic (exact) mass is 475 g/mol. The Morgan fingerprint density at radius 1 is 1.09 bits per heavy atom. The van der Waals surface area contributed by atoms with Gasteiger partial charge in [-0.3, -0.25) is 4.79 Å². The second kappa shape index (κ2) is 9.41. The van der Waals surface area contributed by atoms with Crippen molar-refractivity contribution >= 4 is 11.7 Å². The summed E-state index contributed by atoms with van der Waals surface area (Å²) >= 11 is 0. The number of rotatable bonds is 6. The molecule has 0 aromatic carbocycles. The van der Waals surface area contributed by atoms with Gasteiger partial charge < -0.3 is 15.1 Å². The summed E-state index contributed by atoms with van der Waals surface area (Å²) in [4.78, 5) is 11.6. The van der Waals surface area contributed by atoms with Crippen LogP contribution in [0.1, 0.15) is 112 Å². The summed E-state index contributed by atoms with van der Waals surface area (Å²) in [5.41, 5.74) is -0.654. The Kier molecular flexibility index (Phi) is 7.19. The molecular formula is C29H49NO4. The second-order valence-corrected chi connectivity index (χ2v) is 13.4. The second-order valence-electron chi connectivity index (χ2n) is 13.4. The fourth-order valence-corrected chi connectivity index (χ4v) is 9.51. The Morgan fingerprint density at radius 2 is 1.82 bits per heavy atom. The molecule has 0 radical (unpaired) electrons. The molecule has 0 amide bonds. The first kappa shape index (κ1) is 26.0. The molecule has 5 heteroatoms. The third kappa shape index (κ3) is 4.12. The van der Waals surface area contributed by atoms with Crippen molar-refractivity contribution < 1.29 is 19.8 Å². The molecule has 0 aliphatic heterocycles. The predicted molar refractivity (Wildman–Crippen MR) is 135 cm³/mol. The van der Waals surface area contributed by atoms with E-state index in [1.165, 1.54) is 45.4 Å². The van der Waals surface area contributed by atoms with Crippen LogP contribution in [0.4, 0.5) is 0 Å². The molecule has 0 saturated heterocycles. The van der Waals surface area contributed by atoms with Gasteiger partial charge >= 0.3 is 5.97 Å². The molecule has 9 atom stereocenters. The largest absolute Gasteiger partial charge is 0.462 e. The zero-order valence-electron chi connectivity index (χ0n) is 22.5. The van der Waals surface area contributed by atoms with E-state index in [-0.39, 0.29) is 17.5 Å². The lowest BCUT2D eigenvalue weighted by Gasteiger charge is -2.64. The van der Waals surface area contributed by atoms with Gasteiger partial charge in [0.25, 0.3) is 0 Å². The Balaban J connectivity index is 1.56. The normalized spacial score (nSPS) is 46.0. The smallest absolute Gasteiger partial charge is 0.302 e. The fourth-order valence-electron chi connectivity index (χ4n) is 9.51. The van der Waals surface area contributed by atoms with E-state index in [2.05, 4.69) is 39.8 Å². The van der Waals surface area contributed by atoms with E-state index in [4.69, 9.17) is 4.74 Å². The summed E-state index contributed by atoms with van der Waals surface area (Å²) in [6.45, 7) is 13.3. The van der Waals surface area contributed by atoms with E-state index in [9.17, 15) is 15.1 Å². The van der Waals surface area contributed by atoms with Gasteiger partial charge in [0.15, 0.2) is 0 Å². The average molecular weight is 476 g/mol. The van der Waals surface area contributed by atoms with Crippen LogP contribution in [0.15, 0.2) is 5.16 Å². The standard InChI is InChI=1S/C29H49NO4/c1-18(2)8-7-9-19(3)23-10-11-24-22-16-26(30-33)29(32)17-21(34-20(4)31)12-15-28(29,6)25(22)13-14-27(23,24)5/h18-19,21-25,32-33H,7-17H2,1-6H3/b30-26-/t19-,21+,22-,23-,24+,25-,27-,28-,29-/m1/s1. The molecule has 4 aliphatic carbocycles. The summed E-state index contributed by atoms with van der Waals surface area (Å²) < 4.78 is 5.52. The average Bonchev–Trinajstić information content (AvgIpc) is 3.11. The van der Waals surface area contributed by atoms with Crippen LogP contribution in [-0.2, 0) is 9.53 Å². The molecule has 34 heavy (non-hydrogen) atoms. The molecule has 0 heterocycles. The maximum absolute atomic E-state index is 12.0. The van der Waals surface area contributed by atoms with Crippen LogP contribution < -0.4 is 0 Å². The van der Waals surface area contributed by atoms with Gasteiger partial charge in [-0.1, -0.05) is 59.0 Å². The number of carbonyl (C=O) groups excluding carboxylic acids is 1. The van der Waals surface area contributed by atoms with Crippen LogP contribution in [0.25, 0.3) is 0 Å². The van der Waals surface area contributed by atoms with Gasteiger partial charge in [0, 0.05) is 18.8 Å². The van der Waals surface area contributed by atoms with E-state index < -0.39 is 5.60 Å². The highest BCUT2D eigenvalue weighted by Gasteiger charge is 2.67. The van der Waals surface area contributed by atoms with Crippen LogP contribution in [0.3, 0.4) is 0 Å². The minimum atomic E-state index is -1.20. The Hall–Kier alpha value is -1.10. The molecular weight excluding hydrogens is 426 g/mol. The molecule has 0 aromatic rings. The van der Waals surface area contributed by atoms with Gasteiger partial charge in [-0.05, 0) is 85.9 Å². The summed E-state index contributed by atoms with van der Waals surface area (Å²) in [6.07, 6.45) is 11.2. The van der Waals surface area contributed by atoms with Crippen LogP contribution in [0, 0.1) is 46.3 Å². The minimum Gasteiger partial charge on any atom is -0.462 e. The number of esters is 1. The maximum atomic E-state index is 12.0. The zero-order chi connectivity index (χ0) is 24.9. The van der Waals surface area contributed by atoms with Crippen molar-refractivity contribution in [1.82, 2.24) is 0 Å². The number of hydrogen-bond acceptors (Lipinski definition) is 5. The van der Waals surface area contributed by atoms with E-state index in [1.807, 2.05) is 0 Å². The molecule has 4 aliphatic rings. The van der Waals surface area contributed by atoms with Crippen LogP contribution in [-0.4, -0.2) is 33.7 Å². The van der Waals surface area contributed by atoms with Crippen LogP contribution in [0.2, 0.25) is 0 Å². The maximum Gasteiger partial charge on any atom is 0.302 e. The van der Waals surface area contributed by atoms with Crippen molar-refractivity contribution in [3.8, 4) is 0 Å². The van der Waals surface area contributed by atoms with E-state index in [0.29, 0.717) is 41.7 Å². The van der Waals surface area contributed by atoms with Gasteiger partial charge in [-0.15, -0.1) is 0 Å². The first-order valence-electron chi connectivity index (χ1n) is 14.1. The summed E-state index contributed by atoms with van der Waals surface area (Å²) in [6, 6.07) is 0. The summed E-state index contributed by atoms with van der Waals surface area (Å²) in [5.74, 6) is 3.53. The molecule has 0 bridgehead atoms. The zero-order valence-corrected chi connectivity index (χ0v) is 22.5. The van der Waals surface area contributed by atoms with Crippen molar-refractivity contribution in [3.63, 3.8) is 0 Å². The Labute approximate surface area is 207 Å². The lowest BCUT2D eigenvalue weighted by Crippen LogP contribution is -2.67.